The van der Waals surface area contributed by atoms with E-state index in [4.69, 9.17) is 10.3 Å². The molecule has 0 saturated carbocycles. The molecule has 0 aliphatic heterocycles. The maximum Gasteiger partial charge on any atom is 0.240 e. The Bertz CT molecular complexity index is 520. The molecule has 0 spiro atoms. The van der Waals surface area contributed by atoms with Gasteiger partial charge in [-0.3, -0.25) is 4.90 Å². The van der Waals surface area contributed by atoms with E-state index in [0.29, 0.717) is 18.3 Å². The third-order valence-electron chi connectivity index (χ3n) is 2.49. The molecule has 0 atom stereocenters. The van der Waals surface area contributed by atoms with E-state index >= 15 is 0 Å². The molecule has 1 aromatic heterocycles. The van der Waals surface area contributed by atoms with Gasteiger partial charge >= 0.3 is 0 Å². The van der Waals surface area contributed by atoms with Crippen LogP contribution >= 0.6 is 28.3 Å². The lowest BCUT2D eigenvalue weighted by molar-refractivity contribution is 0.299. The summed E-state index contributed by atoms with van der Waals surface area (Å²) < 4.78 is 6.07. The van der Waals surface area contributed by atoms with Crippen LogP contribution in [0.25, 0.3) is 0 Å². The van der Waals surface area contributed by atoms with Gasteiger partial charge in [-0.25, -0.2) is 0 Å². The zero-order valence-corrected chi connectivity index (χ0v) is 12.9. The third kappa shape index (κ3) is 4.58. The molecular formula is C12H16BrClN4O. The molecule has 1 heterocycles. The van der Waals surface area contributed by atoms with E-state index in [0.717, 1.165) is 11.0 Å². The minimum absolute atomic E-state index is 0. The second kappa shape index (κ2) is 7.59. The van der Waals surface area contributed by atoms with Crippen LogP contribution in [0.3, 0.4) is 0 Å². The summed E-state index contributed by atoms with van der Waals surface area (Å²) in [5.74, 6) is 1.13. The summed E-state index contributed by atoms with van der Waals surface area (Å²) in [5.41, 5.74) is 6.65. The lowest BCUT2D eigenvalue weighted by Gasteiger charge is -2.15. The summed E-state index contributed by atoms with van der Waals surface area (Å²) in [4.78, 5) is 6.29. The number of hydrogen-bond acceptors (Lipinski definition) is 5. The molecule has 2 N–H and O–H groups in total. The first-order chi connectivity index (χ1) is 8.69. The highest BCUT2D eigenvalue weighted by molar-refractivity contribution is 9.10. The van der Waals surface area contributed by atoms with Gasteiger partial charge in [0.25, 0.3) is 0 Å². The number of aromatic nitrogens is 2. The minimum atomic E-state index is 0. The van der Waals surface area contributed by atoms with Crippen LogP contribution in [-0.4, -0.2) is 22.1 Å². The first kappa shape index (κ1) is 16.1. The van der Waals surface area contributed by atoms with Crippen LogP contribution in [-0.2, 0) is 19.6 Å². The maximum atomic E-state index is 5.42. The Hall–Kier alpha value is -0.950. The van der Waals surface area contributed by atoms with Crippen molar-refractivity contribution in [3.63, 3.8) is 0 Å². The van der Waals surface area contributed by atoms with Crippen LogP contribution in [0.15, 0.2) is 33.3 Å². The van der Waals surface area contributed by atoms with Gasteiger partial charge in [-0.2, -0.15) is 4.98 Å². The molecule has 0 aliphatic rings. The van der Waals surface area contributed by atoms with E-state index in [1.54, 1.807) is 0 Å². The Labute approximate surface area is 126 Å². The summed E-state index contributed by atoms with van der Waals surface area (Å²) in [6.45, 7) is 1.72. The van der Waals surface area contributed by atoms with Gasteiger partial charge in [-0.15, -0.1) is 12.4 Å². The fraction of sp³-hybridized carbons (Fsp3) is 0.333. The fourth-order valence-electron chi connectivity index (χ4n) is 1.65. The predicted octanol–water partition coefficient (Wildman–Crippen LogP) is 2.34. The van der Waals surface area contributed by atoms with Crippen molar-refractivity contribution in [2.45, 2.75) is 19.6 Å². The molecule has 1 aromatic carbocycles. The third-order valence-corrected chi connectivity index (χ3v) is 3.27. The van der Waals surface area contributed by atoms with Gasteiger partial charge in [0.2, 0.25) is 5.89 Å². The number of nitrogens with two attached hydrogens (primary N) is 1. The van der Waals surface area contributed by atoms with Gasteiger partial charge in [0.15, 0.2) is 5.82 Å². The molecule has 0 radical (unpaired) electrons. The highest BCUT2D eigenvalue weighted by Crippen LogP contribution is 2.17. The molecular weight excluding hydrogens is 332 g/mol. The van der Waals surface area contributed by atoms with Gasteiger partial charge in [-0.1, -0.05) is 39.3 Å². The van der Waals surface area contributed by atoms with E-state index in [9.17, 15) is 0 Å². The molecule has 2 aromatic rings. The van der Waals surface area contributed by atoms with E-state index < -0.39 is 0 Å². The molecule has 0 fully saturated rings. The average Bonchev–Trinajstić information content (AvgIpc) is 2.80. The van der Waals surface area contributed by atoms with E-state index in [1.807, 2.05) is 25.2 Å². The van der Waals surface area contributed by atoms with Crippen LogP contribution in [0.2, 0.25) is 0 Å². The summed E-state index contributed by atoms with van der Waals surface area (Å²) >= 11 is 3.53. The summed E-state index contributed by atoms with van der Waals surface area (Å²) in [6.07, 6.45) is 0. The quantitative estimate of drug-likeness (QED) is 0.899. The Morgan fingerprint density at radius 3 is 2.68 bits per heavy atom. The zero-order valence-electron chi connectivity index (χ0n) is 10.5. The van der Waals surface area contributed by atoms with Crippen molar-refractivity contribution < 1.29 is 4.52 Å². The van der Waals surface area contributed by atoms with Gasteiger partial charge in [0.05, 0.1) is 13.1 Å². The minimum Gasteiger partial charge on any atom is -0.338 e. The molecule has 7 heteroatoms. The van der Waals surface area contributed by atoms with Gasteiger partial charge in [-0.05, 0) is 18.7 Å². The van der Waals surface area contributed by atoms with E-state index in [1.165, 1.54) is 5.56 Å². The second-order valence-corrected chi connectivity index (χ2v) is 4.93. The Morgan fingerprint density at radius 2 is 2.05 bits per heavy atom. The van der Waals surface area contributed by atoms with Crippen molar-refractivity contribution in [1.29, 1.82) is 0 Å². The number of hydrogen-bond donors (Lipinski definition) is 1. The first-order valence-electron chi connectivity index (χ1n) is 5.62. The highest BCUT2D eigenvalue weighted by Gasteiger charge is 2.09. The maximum absolute atomic E-state index is 5.42. The number of benzene rings is 1. The van der Waals surface area contributed by atoms with Gasteiger partial charge in [0, 0.05) is 11.0 Å². The molecule has 0 aliphatic carbocycles. The summed E-state index contributed by atoms with van der Waals surface area (Å²) in [6, 6.07) is 8.14. The van der Waals surface area contributed by atoms with Crippen LogP contribution in [0.5, 0.6) is 0 Å². The van der Waals surface area contributed by atoms with E-state index in [-0.39, 0.29) is 19.0 Å². The number of nitrogens with zero attached hydrogens (tertiary/aromatic N) is 3. The van der Waals surface area contributed by atoms with Crippen molar-refractivity contribution in [2.24, 2.45) is 5.73 Å². The average molecular weight is 348 g/mol. The molecule has 0 amide bonds. The van der Waals surface area contributed by atoms with Crippen LogP contribution in [0, 0.1) is 0 Å². The lowest BCUT2D eigenvalue weighted by Crippen LogP contribution is -2.18. The molecule has 0 unspecified atom stereocenters. The summed E-state index contributed by atoms with van der Waals surface area (Å²) in [5, 5.41) is 3.87. The fourth-order valence-corrected chi connectivity index (χ4v) is 2.06. The van der Waals surface area contributed by atoms with Crippen molar-refractivity contribution in [1.82, 2.24) is 15.0 Å². The topological polar surface area (TPSA) is 68.2 Å². The zero-order chi connectivity index (χ0) is 13.0. The van der Waals surface area contributed by atoms with Crippen LogP contribution in [0.4, 0.5) is 0 Å². The van der Waals surface area contributed by atoms with Gasteiger partial charge in [0.1, 0.15) is 0 Å². The molecule has 0 bridgehead atoms. The van der Waals surface area contributed by atoms with Crippen LogP contribution < -0.4 is 5.73 Å². The SMILES string of the molecule is CN(Cc1noc(CN)n1)Cc1ccccc1Br.Cl. The highest BCUT2D eigenvalue weighted by atomic mass is 79.9. The lowest BCUT2D eigenvalue weighted by atomic mass is 10.2. The molecule has 5 nitrogen and oxygen atoms in total. The van der Waals surface area contributed by atoms with E-state index in [2.05, 4.69) is 37.0 Å². The van der Waals surface area contributed by atoms with Crippen molar-refractivity contribution >= 4 is 28.3 Å². The Balaban J connectivity index is 0.00000180. The standard InChI is InChI=1S/C12H15BrN4O.ClH/c1-17(7-9-4-2-3-5-10(9)13)8-11-15-12(6-14)18-16-11;/h2-5H,6-8,14H2,1H3;1H. The van der Waals surface area contributed by atoms with Gasteiger partial charge < -0.3 is 10.3 Å². The molecule has 0 saturated heterocycles. The first-order valence-corrected chi connectivity index (χ1v) is 6.42. The molecule has 104 valence electrons. The van der Waals surface area contributed by atoms with Crippen molar-refractivity contribution in [2.75, 3.05) is 7.05 Å². The summed E-state index contributed by atoms with van der Waals surface area (Å²) in [7, 11) is 2.01. The Kier molecular flexibility index (Phi) is 6.44. The number of halogens is 2. The normalized spacial score (nSPS) is 10.5. The number of rotatable bonds is 5. The predicted molar refractivity (Wildman–Crippen MR) is 78.8 cm³/mol. The smallest absolute Gasteiger partial charge is 0.240 e. The monoisotopic (exact) mass is 346 g/mol. The van der Waals surface area contributed by atoms with Crippen LogP contribution in [0.1, 0.15) is 17.3 Å². The van der Waals surface area contributed by atoms with Crippen molar-refractivity contribution in [3.05, 3.63) is 46.0 Å². The molecule has 2 rings (SSSR count). The molecule has 19 heavy (non-hydrogen) atoms. The second-order valence-electron chi connectivity index (χ2n) is 4.07. The largest absolute Gasteiger partial charge is 0.338 e. The Morgan fingerprint density at radius 1 is 1.32 bits per heavy atom. The van der Waals surface area contributed by atoms with Crippen molar-refractivity contribution in [3.8, 4) is 0 Å².